The molecule has 41 heteroatoms. The number of ketones is 1. The molecule has 0 spiro atoms. The van der Waals surface area contributed by atoms with E-state index in [0.717, 1.165) is 93.1 Å². The second-order valence-corrected chi connectivity index (χ2v) is 33.6. The third kappa shape index (κ3) is 25.6. The van der Waals surface area contributed by atoms with Crippen LogP contribution in [0.4, 0.5) is 87.8 Å². The van der Waals surface area contributed by atoms with Gasteiger partial charge in [-0.05, 0) is 140 Å². The maximum Gasteiger partial charge on any atom is 0.435 e. The third-order valence-corrected chi connectivity index (χ3v) is 24.1. The van der Waals surface area contributed by atoms with Gasteiger partial charge < -0.3 is 67.0 Å². The van der Waals surface area contributed by atoms with Gasteiger partial charge in [0, 0.05) is 70.1 Å². The van der Waals surface area contributed by atoms with Gasteiger partial charge in [0.15, 0.2) is 28.9 Å². The zero-order valence-corrected chi connectivity index (χ0v) is 75.6. The first-order valence-electron chi connectivity index (χ1n) is 42.5. The highest BCUT2D eigenvalue weighted by Gasteiger charge is 2.63. The van der Waals surface area contributed by atoms with Gasteiger partial charge in [-0.15, -0.1) is 6.58 Å². The fourth-order valence-corrected chi connectivity index (χ4v) is 17.3. The van der Waals surface area contributed by atoms with E-state index < -0.39 is 166 Å². The Morgan fingerprint density at radius 1 is 0.560 bits per heavy atom. The summed E-state index contributed by atoms with van der Waals surface area (Å²) in [6.45, 7) is 2.99. The maximum atomic E-state index is 14.4. The Hall–Kier alpha value is -13.6. The summed E-state index contributed by atoms with van der Waals surface area (Å²) in [6.07, 6.45) is -26.9. The van der Waals surface area contributed by atoms with Crippen molar-refractivity contribution in [2.75, 3.05) is 46.4 Å². The predicted octanol–water partition coefficient (Wildman–Crippen LogP) is 20.2. The van der Waals surface area contributed by atoms with Crippen molar-refractivity contribution in [3.05, 3.63) is 343 Å². The Kier molecular flexibility index (Phi) is 33.2. The van der Waals surface area contributed by atoms with Gasteiger partial charge in [-0.25, -0.2) is 8.78 Å². The molecule has 4 aliphatic rings. The molecule has 5 N–H and O–H groups in total. The molecule has 141 heavy (non-hydrogen) atoms. The number of aliphatic hydroxyl groups is 1. The number of hydrogen-bond donors (Lipinski definition) is 5. The first-order valence-corrected chi connectivity index (χ1v) is 43.2. The minimum Gasteiger partial charge on any atom is -1.00 e. The Morgan fingerprint density at radius 2 is 1.04 bits per heavy atom. The summed E-state index contributed by atoms with van der Waals surface area (Å²) in [7, 11) is 1.67. The minimum absolute atomic E-state index is 0. The van der Waals surface area contributed by atoms with Crippen LogP contribution >= 0.6 is 23.2 Å². The van der Waals surface area contributed by atoms with E-state index in [4.69, 9.17) is 47.0 Å². The summed E-state index contributed by atoms with van der Waals surface area (Å²) in [6, 6.07) is 58.3. The number of nitrogens with one attached hydrogen (secondary N) is 4. The van der Waals surface area contributed by atoms with Crippen molar-refractivity contribution in [1.29, 1.82) is 0 Å². The van der Waals surface area contributed by atoms with E-state index >= 15 is 0 Å². The summed E-state index contributed by atoms with van der Waals surface area (Å²) in [5.74, 6) is -6.07. The molecule has 4 unspecified atom stereocenters. The van der Waals surface area contributed by atoms with E-state index in [1.165, 1.54) is 59.9 Å². The molecule has 2 bridgehead atoms. The average Bonchev–Trinajstić information content (AvgIpc) is 0.943. The molecule has 4 aliphatic heterocycles. The van der Waals surface area contributed by atoms with E-state index in [1.54, 1.807) is 12.4 Å². The van der Waals surface area contributed by atoms with Crippen molar-refractivity contribution in [3.63, 3.8) is 0 Å². The highest BCUT2D eigenvalue weighted by atomic mass is 35.5. The molecule has 4 amide bonds. The van der Waals surface area contributed by atoms with Gasteiger partial charge in [0.2, 0.25) is 17.6 Å². The first-order chi connectivity index (χ1) is 66.1. The molecule has 6 atom stereocenters. The van der Waals surface area contributed by atoms with Crippen molar-refractivity contribution in [2.45, 2.75) is 100 Å². The summed E-state index contributed by atoms with van der Waals surface area (Å²) in [5.41, 5.74) is -7.01. The maximum absolute atomic E-state index is 14.4. The Balaban J connectivity index is 0.000000191. The van der Waals surface area contributed by atoms with Crippen molar-refractivity contribution in [1.82, 2.24) is 26.3 Å². The highest BCUT2D eigenvalue weighted by molar-refractivity contribution is 6.31. The van der Waals surface area contributed by atoms with Crippen LogP contribution in [0.3, 0.4) is 0 Å². The van der Waals surface area contributed by atoms with Gasteiger partial charge >= 0.3 is 37.1 Å². The molecular weight excluding hydrogens is 1960 g/mol. The molecule has 1 aromatic heterocycles. The SMILES string of the molecule is C=CC1C[N+]2(Cc3cc(OCc4ccccc4)c(OCc4ccccc4)c(OCc4ccccc4)c3)CCC1C[C@H]2[C@H](O)c1ccnc2ccc(OC)cc12.O=C(CNC(=O)c1ccc(C(=O)C=C(c2cc(Cl)c(F)c(C(F)(F)F)c2)C(F)(F)F)c2ccccc12)NCC(F)(F)F.O=C(CNC(=O)c1ccc(C2=NOC(c3cc(Cl)c(F)c(C(F)(F)F)c3)(C(F)(F)F)C2)c2ccccc12)NCC(F)(F)F.[Cl-]. The lowest BCUT2D eigenvalue weighted by molar-refractivity contribution is -0.984. The number of halogens is 23. The molecule has 0 radical (unpaired) electrons. The van der Waals surface area contributed by atoms with Crippen LogP contribution in [-0.2, 0) is 58.7 Å². The van der Waals surface area contributed by atoms with E-state index in [2.05, 4.69) is 82.0 Å². The summed E-state index contributed by atoms with van der Waals surface area (Å²) in [4.78, 5) is 71.0. The molecular formula is C100H80Cl3F20N7O11. The predicted molar refractivity (Wildman–Crippen MR) is 478 cm³/mol. The van der Waals surface area contributed by atoms with Gasteiger partial charge in [0.1, 0.15) is 57.4 Å². The number of quaternary nitrogens is 1. The number of pyridine rings is 1. The van der Waals surface area contributed by atoms with Crippen LogP contribution in [0, 0.1) is 23.5 Å². The van der Waals surface area contributed by atoms with Crippen LogP contribution in [-0.4, -0.2) is 127 Å². The number of methoxy groups -OCH3 is 1. The van der Waals surface area contributed by atoms with Crippen molar-refractivity contribution in [2.24, 2.45) is 17.0 Å². The summed E-state index contributed by atoms with van der Waals surface area (Å²) < 4.78 is 293. The van der Waals surface area contributed by atoms with Crippen LogP contribution in [0.5, 0.6) is 23.0 Å². The zero-order chi connectivity index (χ0) is 101. The number of alkyl halides is 18. The second kappa shape index (κ2) is 44.1. The van der Waals surface area contributed by atoms with Crippen LogP contribution in [0.15, 0.2) is 255 Å². The number of amides is 4. The number of fused-ring (bicyclic) bond motifs is 6. The van der Waals surface area contributed by atoms with E-state index in [-0.39, 0.29) is 86.7 Å². The molecule has 742 valence electrons. The Morgan fingerprint density at radius 3 is 1.55 bits per heavy atom. The number of allylic oxidation sites excluding steroid dienone is 2. The van der Waals surface area contributed by atoms with Crippen LogP contribution in [0.1, 0.15) is 112 Å². The standard InChI is InChI=1S/C48H49N2O5.C26H16ClF10N3O3.C26H15ClF10N2O3.ClH/c1-3-38-30-50(24-22-39(38)27-44(50)47(51)41-21-23-49-43-20-19-40(52-2)28-42(41)43)29-37-25-45(53-31-34-13-7-4-8-14-34)48(55-33-36-17-11-6-12-18-36)46(26-37)54-32-35-15-9-5-10-16-35;27-18-8-12(7-17(21(18)28)25(32,33)34)23(26(35,36)37)9-19(40-43-23)15-5-6-16(14-4-2-1-3-13(14)15)22(42)38-10-20(41)39-11-24(29,30)31;27-19-8-12(7-18(22(19)28)26(35,36)37)17(25(32,33)34)9-20(40)15-5-6-16(14-4-2-1-3-13(14)15)23(42)38-10-21(41)39-11-24(29,30)31;/h3-21,23,25-26,28,38-39,44,47,51H,1,22,24,27,29-33H2,2H3;1-8H,9-11H2,(H,38,42)(H,39,41);1-9H,10-11H2,(H,38,42)(H,39,41);1H/q+1;;;/p-1/t38?,39?,44-,47+,50?;;;/m0.../s1. The molecule has 12 aromatic rings. The lowest BCUT2D eigenvalue weighted by Gasteiger charge is -2.58. The Bertz CT molecular complexity index is 6610. The average molecular weight is 2040 g/mol. The number of oxime groups is 1. The summed E-state index contributed by atoms with van der Waals surface area (Å²) in [5, 5.41) is 21.9. The number of carbonyl (C=O) groups is 5. The number of benzene rings is 11. The quantitative estimate of drug-likeness (QED) is 0.0102. The summed E-state index contributed by atoms with van der Waals surface area (Å²) >= 11 is 10.9. The normalized spacial score (nSPS) is 17.2. The smallest absolute Gasteiger partial charge is 0.435 e. The molecule has 3 saturated heterocycles. The molecule has 18 nitrogen and oxygen atoms in total. The van der Waals surface area contributed by atoms with Gasteiger partial charge in [-0.2, -0.15) is 79.0 Å². The van der Waals surface area contributed by atoms with Gasteiger partial charge in [-0.1, -0.05) is 180 Å². The molecule has 16 rings (SSSR count). The number of hydrogen-bond acceptors (Lipinski definition) is 13. The third-order valence-electron chi connectivity index (χ3n) is 23.5. The number of ether oxygens (including phenoxy) is 4. The topological polar surface area (TPSA) is 225 Å². The van der Waals surface area contributed by atoms with Crippen LogP contribution in [0.2, 0.25) is 10.0 Å². The fourth-order valence-electron chi connectivity index (χ4n) is 16.8. The fraction of sp³-hybridized carbons (Fsp3) is 0.250. The van der Waals surface area contributed by atoms with Gasteiger partial charge in [-0.3, -0.25) is 29.0 Å². The number of nitrogens with zero attached hydrogens (tertiary/aromatic N) is 3. The number of piperidine rings is 3. The number of rotatable bonds is 28. The highest BCUT2D eigenvalue weighted by Crippen LogP contribution is 2.54. The van der Waals surface area contributed by atoms with E-state index in [1.807, 2.05) is 85.1 Å². The Labute approximate surface area is 806 Å². The van der Waals surface area contributed by atoms with Crippen molar-refractivity contribution < 1.29 is 158 Å². The van der Waals surface area contributed by atoms with E-state index in [0.29, 0.717) is 61.5 Å². The molecule has 11 aromatic carbocycles. The number of aromatic nitrogens is 1. The molecule has 3 fully saturated rings. The van der Waals surface area contributed by atoms with Crippen molar-refractivity contribution in [3.8, 4) is 23.0 Å². The molecule has 0 saturated carbocycles. The largest absolute Gasteiger partial charge is 1.00 e. The second-order valence-electron chi connectivity index (χ2n) is 32.8. The van der Waals surface area contributed by atoms with Gasteiger partial charge in [0.05, 0.1) is 71.3 Å². The zero-order valence-electron chi connectivity index (χ0n) is 73.4. The monoisotopic (exact) mass is 2040 g/mol. The molecule has 0 aliphatic carbocycles. The minimum atomic E-state index is -5.41. The molecule has 5 heterocycles. The van der Waals surface area contributed by atoms with Crippen LogP contribution in [0.25, 0.3) is 38.0 Å². The lowest BCUT2D eigenvalue weighted by atomic mass is 9.71. The van der Waals surface area contributed by atoms with Crippen LogP contribution < -0.4 is 52.6 Å². The number of carbonyl (C=O) groups excluding carboxylic acids is 5. The van der Waals surface area contributed by atoms with Gasteiger partial charge in [0.25, 0.3) is 17.4 Å². The number of aliphatic hydroxyl groups excluding tert-OH is 1. The van der Waals surface area contributed by atoms with Crippen molar-refractivity contribution >= 4 is 96.3 Å². The van der Waals surface area contributed by atoms with E-state index in [9.17, 15) is 117 Å². The first kappa shape index (κ1) is 106. The lowest BCUT2D eigenvalue weighted by Crippen LogP contribution is -3.00.